The van der Waals surface area contributed by atoms with Crippen LogP contribution in [0.3, 0.4) is 0 Å². The molecule has 0 aromatic heterocycles. The fraction of sp³-hybridized carbons (Fsp3) is 0. The zero-order valence-electron chi connectivity index (χ0n) is 8.91. The molecule has 0 heterocycles. The van der Waals surface area contributed by atoms with Gasteiger partial charge in [-0.05, 0) is 36.4 Å². The van der Waals surface area contributed by atoms with Crippen LogP contribution >= 0.6 is 0 Å². The van der Waals surface area contributed by atoms with Crippen LogP contribution in [0.5, 0.6) is 5.75 Å². The lowest BCUT2D eigenvalue weighted by molar-refractivity contribution is 0.475. The topological polar surface area (TPSA) is 68.7 Å². The lowest BCUT2D eigenvalue weighted by atomic mass is 10.2. The van der Waals surface area contributed by atoms with Crippen molar-refractivity contribution in [3.63, 3.8) is 0 Å². The highest BCUT2D eigenvalue weighted by Crippen LogP contribution is 2.22. The Labute approximate surface area is 98.5 Å². The van der Waals surface area contributed by atoms with Gasteiger partial charge in [-0.1, -0.05) is 12.1 Å². The third-order valence-electron chi connectivity index (χ3n) is 2.15. The summed E-state index contributed by atoms with van der Waals surface area (Å²) in [6.45, 7) is 0. The second kappa shape index (κ2) is 4.90. The molecule has 0 bridgehead atoms. The van der Waals surface area contributed by atoms with Crippen molar-refractivity contribution in [1.29, 1.82) is 5.26 Å². The van der Waals surface area contributed by atoms with Crippen LogP contribution in [0.15, 0.2) is 58.8 Å². The molecule has 0 saturated carbocycles. The third-order valence-corrected chi connectivity index (χ3v) is 2.15. The molecule has 0 atom stereocenters. The summed E-state index contributed by atoms with van der Waals surface area (Å²) in [5.41, 5.74) is 1.63. The summed E-state index contributed by atoms with van der Waals surface area (Å²) in [6, 6.07) is 15.4. The summed E-state index contributed by atoms with van der Waals surface area (Å²) < 4.78 is 0. The van der Waals surface area contributed by atoms with Gasteiger partial charge in [-0.15, -0.1) is 5.11 Å². The molecule has 2 aromatic carbocycles. The summed E-state index contributed by atoms with van der Waals surface area (Å²) in [5, 5.41) is 26.0. The van der Waals surface area contributed by atoms with E-state index in [0.717, 1.165) is 0 Å². The van der Waals surface area contributed by atoms with Gasteiger partial charge in [0.2, 0.25) is 0 Å². The molecule has 82 valence electrons. The van der Waals surface area contributed by atoms with E-state index in [1.54, 1.807) is 36.4 Å². The van der Waals surface area contributed by atoms with Gasteiger partial charge >= 0.3 is 0 Å². The van der Waals surface area contributed by atoms with E-state index in [0.29, 0.717) is 16.9 Å². The molecule has 2 rings (SSSR count). The van der Waals surface area contributed by atoms with Gasteiger partial charge in [-0.25, -0.2) is 0 Å². The molecule has 0 radical (unpaired) electrons. The number of nitriles is 1. The van der Waals surface area contributed by atoms with Crippen LogP contribution in [-0.4, -0.2) is 5.11 Å². The molecule has 0 aliphatic carbocycles. The Hall–Kier alpha value is -2.67. The number of benzene rings is 2. The predicted octanol–water partition coefficient (Wildman–Crippen LogP) is 3.68. The molecule has 0 amide bonds. The zero-order chi connectivity index (χ0) is 12.1. The SMILES string of the molecule is N#Cc1ccccc1N=Nc1ccc(O)cc1. The van der Waals surface area contributed by atoms with E-state index < -0.39 is 0 Å². The highest BCUT2D eigenvalue weighted by atomic mass is 16.3. The van der Waals surface area contributed by atoms with Crippen LogP contribution in [-0.2, 0) is 0 Å². The zero-order valence-corrected chi connectivity index (χ0v) is 8.91. The van der Waals surface area contributed by atoms with Crippen LogP contribution in [0.4, 0.5) is 11.4 Å². The van der Waals surface area contributed by atoms with E-state index in [9.17, 15) is 0 Å². The van der Waals surface area contributed by atoms with Crippen molar-refractivity contribution in [2.45, 2.75) is 0 Å². The maximum atomic E-state index is 9.11. The van der Waals surface area contributed by atoms with Crippen molar-refractivity contribution in [2.24, 2.45) is 10.2 Å². The van der Waals surface area contributed by atoms with Gasteiger partial charge in [0.05, 0.1) is 11.3 Å². The molecule has 2 aromatic rings. The minimum absolute atomic E-state index is 0.182. The van der Waals surface area contributed by atoms with Crippen molar-refractivity contribution in [2.75, 3.05) is 0 Å². The molecule has 0 aliphatic heterocycles. The summed E-state index contributed by atoms with van der Waals surface area (Å²) in [6.07, 6.45) is 0. The van der Waals surface area contributed by atoms with Crippen LogP contribution in [0.25, 0.3) is 0 Å². The normalized spacial score (nSPS) is 10.3. The largest absolute Gasteiger partial charge is 0.508 e. The number of phenols is 1. The fourth-order valence-corrected chi connectivity index (χ4v) is 1.29. The molecule has 17 heavy (non-hydrogen) atoms. The second-order valence-corrected chi connectivity index (χ2v) is 3.35. The summed E-state index contributed by atoms with van der Waals surface area (Å²) in [5.74, 6) is 0.182. The van der Waals surface area contributed by atoms with E-state index in [1.807, 2.05) is 6.07 Å². The van der Waals surface area contributed by atoms with E-state index in [4.69, 9.17) is 10.4 Å². The number of phenolic OH excluding ortho intramolecular Hbond substituents is 1. The van der Waals surface area contributed by atoms with Gasteiger partial charge in [-0.2, -0.15) is 10.4 Å². The van der Waals surface area contributed by atoms with Crippen molar-refractivity contribution in [1.82, 2.24) is 0 Å². The van der Waals surface area contributed by atoms with E-state index >= 15 is 0 Å². The van der Waals surface area contributed by atoms with E-state index in [-0.39, 0.29) is 5.75 Å². The van der Waals surface area contributed by atoms with Crippen LogP contribution in [0, 0.1) is 11.3 Å². The number of rotatable bonds is 2. The molecule has 0 saturated heterocycles. The molecule has 4 heteroatoms. The number of hydrogen-bond acceptors (Lipinski definition) is 4. The molecular weight excluding hydrogens is 214 g/mol. The Morgan fingerprint density at radius 2 is 1.65 bits per heavy atom. The number of aromatic hydroxyl groups is 1. The first-order chi connectivity index (χ1) is 8.29. The molecule has 4 nitrogen and oxygen atoms in total. The Morgan fingerprint density at radius 3 is 2.35 bits per heavy atom. The highest BCUT2D eigenvalue weighted by molar-refractivity contribution is 5.53. The Balaban J connectivity index is 2.26. The predicted molar refractivity (Wildman–Crippen MR) is 63.4 cm³/mol. The van der Waals surface area contributed by atoms with Gasteiger partial charge in [0.15, 0.2) is 0 Å². The highest BCUT2D eigenvalue weighted by Gasteiger charge is 1.98. The van der Waals surface area contributed by atoms with Crippen molar-refractivity contribution in [3.05, 3.63) is 54.1 Å². The lowest BCUT2D eigenvalue weighted by Crippen LogP contribution is -1.73. The number of nitrogens with zero attached hydrogens (tertiary/aromatic N) is 3. The average molecular weight is 223 g/mol. The van der Waals surface area contributed by atoms with Crippen molar-refractivity contribution < 1.29 is 5.11 Å². The first-order valence-electron chi connectivity index (χ1n) is 4.99. The smallest absolute Gasteiger partial charge is 0.115 e. The minimum atomic E-state index is 0.182. The van der Waals surface area contributed by atoms with Crippen LogP contribution in [0.2, 0.25) is 0 Å². The third kappa shape index (κ3) is 2.67. The average Bonchev–Trinajstić information content (AvgIpc) is 2.38. The quantitative estimate of drug-likeness (QED) is 0.789. The van der Waals surface area contributed by atoms with Gasteiger partial charge in [0.1, 0.15) is 17.5 Å². The Bertz CT molecular complexity index is 582. The Kier molecular flexibility index (Phi) is 3.13. The molecule has 0 unspecified atom stereocenters. The molecule has 0 fully saturated rings. The van der Waals surface area contributed by atoms with Gasteiger partial charge < -0.3 is 5.11 Å². The van der Waals surface area contributed by atoms with Crippen LogP contribution < -0.4 is 0 Å². The van der Waals surface area contributed by atoms with Crippen LogP contribution in [0.1, 0.15) is 5.56 Å². The lowest BCUT2D eigenvalue weighted by Gasteiger charge is -1.95. The van der Waals surface area contributed by atoms with Gasteiger partial charge in [0.25, 0.3) is 0 Å². The Morgan fingerprint density at radius 1 is 0.941 bits per heavy atom. The molecule has 0 spiro atoms. The fourth-order valence-electron chi connectivity index (χ4n) is 1.29. The number of hydrogen-bond donors (Lipinski definition) is 1. The maximum absolute atomic E-state index is 9.11. The van der Waals surface area contributed by atoms with Crippen molar-refractivity contribution in [3.8, 4) is 11.8 Å². The molecule has 1 N–H and O–H groups in total. The van der Waals surface area contributed by atoms with E-state index in [1.165, 1.54) is 12.1 Å². The summed E-state index contributed by atoms with van der Waals surface area (Å²) in [7, 11) is 0. The van der Waals surface area contributed by atoms with Crippen molar-refractivity contribution >= 4 is 11.4 Å². The van der Waals surface area contributed by atoms with Gasteiger partial charge in [0, 0.05) is 0 Å². The first kappa shape index (κ1) is 10.8. The maximum Gasteiger partial charge on any atom is 0.115 e. The monoisotopic (exact) mass is 223 g/mol. The van der Waals surface area contributed by atoms with E-state index in [2.05, 4.69) is 10.2 Å². The molecular formula is C13H9N3O. The van der Waals surface area contributed by atoms with Gasteiger partial charge in [-0.3, -0.25) is 0 Å². The molecule has 0 aliphatic rings. The standard InChI is InChI=1S/C13H9N3O/c14-9-10-3-1-2-4-13(10)16-15-11-5-7-12(17)8-6-11/h1-8,17H. The first-order valence-corrected chi connectivity index (χ1v) is 4.99. The summed E-state index contributed by atoms with van der Waals surface area (Å²) in [4.78, 5) is 0. The summed E-state index contributed by atoms with van der Waals surface area (Å²) >= 11 is 0. The number of azo groups is 1. The second-order valence-electron chi connectivity index (χ2n) is 3.35. The minimum Gasteiger partial charge on any atom is -0.508 e.